The number of hydrogen-bond acceptors (Lipinski definition) is 5. The highest BCUT2D eigenvalue weighted by atomic mass is 16.5. The summed E-state index contributed by atoms with van der Waals surface area (Å²) in [4.78, 5) is 34.4. The second-order valence-electron chi connectivity index (χ2n) is 4.87. The van der Waals surface area contributed by atoms with Gasteiger partial charge in [0, 0.05) is 0 Å². The van der Waals surface area contributed by atoms with Crippen LogP contribution in [0.25, 0.3) is 0 Å². The van der Waals surface area contributed by atoms with Crippen LogP contribution in [0.15, 0.2) is 30.3 Å². The van der Waals surface area contributed by atoms with Gasteiger partial charge in [-0.15, -0.1) is 0 Å². The van der Waals surface area contributed by atoms with Crippen LogP contribution in [-0.4, -0.2) is 37.0 Å². The van der Waals surface area contributed by atoms with E-state index < -0.39 is 23.9 Å². The van der Waals surface area contributed by atoms with Gasteiger partial charge in [0.15, 0.2) is 0 Å². The Labute approximate surface area is 134 Å². The molecule has 0 aliphatic carbocycles. The number of carbonyl (C=O) groups is 3. The van der Waals surface area contributed by atoms with Crippen LogP contribution in [0.5, 0.6) is 0 Å². The first kappa shape index (κ1) is 18.4. The quantitative estimate of drug-likeness (QED) is 0.491. The molecule has 0 saturated heterocycles. The van der Waals surface area contributed by atoms with Crippen LogP contribution in [0, 0.1) is 0 Å². The van der Waals surface area contributed by atoms with Gasteiger partial charge in [-0.05, 0) is 24.9 Å². The zero-order valence-corrected chi connectivity index (χ0v) is 12.8. The van der Waals surface area contributed by atoms with Gasteiger partial charge in [-0.3, -0.25) is 9.59 Å². The number of primary amides is 1. The van der Waals surface area contributed by atoms with Crippen LogP contribution in [0.1, 0.15) is 18.4 Å². The molecule has 0 bridgehead atoms. The van der Waals surface area contributed by atoms with Gasteiger partial charge in [-0.2, -0.15) is 0 Å². The molecule has 0 aliphatic heterocycles. The number of carbonyl (C=O) groups excluding carboxylic acids is 3. The Hall–Kier alpha value is -2.61. The molecular weight excluding hydrogens is 300 g/mol. The molecule has 0 saturated carbocycles. The summed E-state index contributed by atoms with van der Waals surface area (Å²) in [6.45, 7) is 0.179. The predicted molar refractivity (Wildman–Crippen MR) is 84.0 cm³/mol. The maximum atomic E-state index is 11.9. The topological polar surface area (TPSA) is 137 Å². The number of hydrogen-bond donors (Lipinski definition) is 4. The standard InChI is InChI=1S/C15H22N4O4/c16-8-4-7-12(14(21)18-9-13(17)20)19-15(22)23-10-11-5-2-1-3-6-11/h1-3,5-6,12H,4,7-10,16H2,(H2,17,20)(H,18,21)(H,19,22). The van der Waals surface area contributed by atoms with Crippen molar-refractivity contribution in [2.75, 3.05) is 13.1 Å². The molecule has 1 aromatic carbocycles. The highest BCUT2D eigenvalue weighted by Gasteiger charge is 2.21. The van der Waals surface area contributed by atoms with E-state index in [0.717, 1.165) is 5.56 Å². The minimum atomic E-state index is -0.832. The Morgan fingerprint density at radius 2 is 1.87 bits per heavy atom. The Morgan fingerprint density at radius 1 is 1.17 bits per heavy atom. The molecule has 23 heavy (non-hydrogen) atoms. The van der Waals surface area contributed by atoms with Crippen LogP contribution in [-0.2, 0) is 20.9 Å². The third-order valence-electron chi connectivity index (χ3n) is 2.96. The van der Waals surface area contributed by atoms with Gasteiger partial charge in [0.05, 0.1) is 6.54 Å². The Kier molecular flexibility index (Phi) is 8.16. The maximum Gasteiger partial charge on any atom is 0.408 e. The van der Waals surface area contributed by atoms with Crippen molar-refractivity contribution in [1.29, 1.82) is 0 Å². The predicted octanol–water partition coefficient (Wildman–Crippen LogP) is -0.378. The molecule has 6 N–H and O–H groups in total. The monoisotopic (exact) mass is 322 g/mol. The van der Waals surface area contributed by atoms with E-state index in [1.54, 1.807) is 0 Å². The molecule has 3 amide bonds. The van der Waals surface area contributed by atoms with E-state index >= 15 is 0 Å². The Balaban J connectivity index is 2.49. The third-order valence-corrected chi connectivity index (χ3v) is 2.96. The van der Waals surface area contributed by atoms with Crippen LogP contribution < -0.4 is 22.1 Å². The molecule has 0 aliphatic rings. The normalized spacial score (nSPS) is 11.3. The average Bonchev–Trinajstić information content (AvgIpc) is 2.55. The van der Waals surface area contributed by atoms with E-state index in [9.17, 15) is 14.4 Å². The summed E-state index contributed by atoms with van der Waals surface area (Å²) in [5.41, 5.74) is 11.2. The van der Waals surface area contributed by atoms with E-state index in [0.29, 0.717) is 19.4 Å². The first-order valence-electron chi connectivity index (χ1n) is 7.26. The first-order valence-corrected chi connectivity index (χ1v) is 7.26. The number of nitrogens with two attached hydrogens (primary N) is 2. The fraction of sp³-hybridized carbons (Fsp3) is 0.400. The largest absolute Gasteiger partial charge is 0.445 e. The van der Waals surface area contributed by atoms with Crippen molar-refractivity contribution in [3.05, 3.63) is 35.9 Å². The van der Waals surface area contributed by atoms with Gasteiger partial charge in [-0.25, -0.2) is 4.79 Å². The third kappa shape index (κ3) is 7.82. The van der Waals surface area contributed by atoms with E-state index in [1.165, 1.54) is 0 Å². The van der Waals surface area contributed by atoms with Gasteiger partial charge < -0.3 is 26.8 Å². The summed E-state index contributed by atoms with van der Waals surface area (Å²) in [7, 11) is 0. The molecular formula is C15H22N4O4. The van der Waals surface area contributed by atoms with E-state index in [2.05, 4.69) is 10.6 Å². The van der Waals surface area contributed by atoms with Gasteiger partial charge in [0.25, 0.3) is 0 Å². The van der Waals surface area contributed by atoms with E-state index in [1.807, 2.05) is 30.3 Å². The summed E-state index contributed by atoms with van der Waals surface area (Å²) >= 11 is 0. The molecule has 0 spiro atoms. The smallest absolute Gasteiger partial charge is 0.408 e. The molecule has 1 atom stereocenters. The second kappa shape index (κ2) is 10.2. The molecule has 1 aromatic rings. The summed E-state index contributed by atoms with van der Waals surface area (Å²) in [6, 6.07) is 8.32. The number of alkyl carbamates (subject to hydrolysis) is 1. The molecule has 0 aromatic heterocycles. The van der Waals surface area contributed by atoms with Gasteiger partial charge in [-0.1, -0.05) is 30.3 Å². The average molecular weight is 322 g/mol. The van der Waals surface area contributed by atoms with Gasteiger partial charge in [0.1, 0.15) is 12.6 Å². The summed E-state index contributed by atoms with van der Waals surface area (Å²) in [5, 5.41) is 4.81. The van der Waals surface area contributed by atoms with Crippen molar-refractivity contribution in [3.63, 3.8) is 0 Å². The van der Waals surface area contributed by atoms with Crippen molar-refractivity contribution in [2.45, 2.75) is 25.5 Å². The molecule has 0 radical (unpaired) electrons. The molecule has 8 nitrogen and oxygen atoms in total. The van der Waals surface area contributed by atoms with Crippen molar-refractivity contribution in [1.82, 2.24) is 10.6 Å². The SMILES string of the molecule is NCCCC(NC(=O)OCc1ccccc1)C(=O)NCC(N)=O. The van der Waals surface area contributed by atoms with Crippen molar-refractivity contribution < 1.29 is 19.1 Å². The number of rotatable bonds is 9. The highest BCUT2D eigenvalue weighted by molar-refractivity contribution is 5.88. The highest BCUT2D eigenvalue weighted by Crippen LogP contribution is 2.02. The van der Waals surface area contributed by atoms with Gasteiger partial charge in [0.2, 0.25) is 11.8 Å². The minimum Gasteiger partial charge on any atom is -0.445 e. The fourth-order valence-electron chi connectivity index (χ4n) is 1.80. The molecule has 1 rings (SSSR count). The maximum absolute atomic E-state index is 11.9. The lowest BCUT2D eigenvalue weighted by atomic mass is 10.1. The number of ether oxygens (including phenoxy) is 1. The Morgan fingerprint density at radius 3 is 2.48 bits per heavy atom. The zero-order valence-electron chi connectivity index (χ0n) is 12.8. The van der Waals surface area contributed by atoms with Crippen LogP contribution in [0.4, 0.5) is 4.79 Å². The molecule has 0 fully saturated rings. The van der Waals surface area contributed by atoms with Gasteiger partial charge >= 0.3 is 6.09 Å². The lowest BCUT2D eigenvalue weighted by Gasteiger charge is -2.17. The number of nitrogens with one attached hydrogen (secondary N) is 2. The van der Waals surface area contributed by atoms with Crippen LogP contribution >= 0.6 is 0 Å². The molecule has 0 heterocycles. The van der Waals surface area contributed by atoms with Crippen molar-refractivity contribution >= 4 is 17.9 Å². The second-order valence-corrected chi connectivity index (χ2v) is 4.87. The summed E-state index contributed by atoms with van der Waals surface area (Å²) in [5.74, 6) is -1.17. The van der Waals surface area contributed by atoms with Crippen LogP contribution in [0.3, 0.4) is 0 Å². The summed E-state index contributed by atoms with van der Waals surface area (Å²) < 4.78 is 5.06. The Bertz CT molecular complexity index is 521. The van der Waals surface area contributed by atoms with Crippen molar-refractivity contribution in [3.8, 4) is 0 Å². The first-order chi connectivity index (χ1) is 11.0. The van der Waals surface area contributed by atoms with Crippen LogP contribution in [0.2, 0.25) is 0 Å². The molecule has 126 valence electrons. The van der Waals surface area contributed by atoms with E-state index in [4.69, 9.17) is 16.2 Å². The minimum absolute atomic E-state index is 0.0964. The summed E-state index contributed by atoms with van der Waals surface area (Å²) in [6.07, 6.45) is 0.153. The van der Waals surface area contributed by atoms with E-state index in [-0.39, 0.29) is 13.2 Å². The lowest BCUT2D eigenvalue weighted by molar-refractivity contribution is -0.126. The number of amides is 3. The lowest BCUT2D eigenvalue weighted by Crippen LogP contribution is -2.48. The molecule has 1 unspecified atom stereocenters. The van der Waals surface area contributed by atoms with Crippen molar-refractivity contribution in [2.24, 2.45) is 11.5 Å². The molecule has 8 heteroatoms. The number of benzene rings is 1. The fourth-order valence-corrected chi connectivity index (χ4v) is 1.80. The zero-order chi connectivity index (χ0) is 17.1.